The highest BCUT2D eigenvalue weighted by molar-refractivity contribution is 6.07. The fourth-order valence-electron chi connectivity index (χ4n) is 7.15. The number of rotatable bonds is 0. The van der Waals surface area contributed by atoms with Crippen molar-refractivity contribution in [2.75, 3.05) is 6.54 Å². The van der Waals surface area contributed by atoms with Gasteiger partial charge in [-0.3, -0.25) is 9.89 Å². The number of ether oxygens (including phenoxy) is 1. The van der Waals surface area contributed by atoms with E-state index in [-0.39, 0.29) is 17.4 Å². The number of para-hydroxylation sites is 1. The molecule has 4 heterocycles. The molecule has 6 heteroatoms. The van der Waals surface area contributed by atoms with Crippen molar-refractivity contribution in [2.45, 2.75) is 62.8 Å². The van der Waals surface area contributed by atoms with E-state index in [4.69, 9.17) is 9.73 Å². The minimum atomic E-state index is -0.861. The lowest BCUT2D eigenvalue weighted by atomic mass is 9.48. The first-order chi connectivity index (χ1) is 13.4. The second-order valence-electron chi connectivity index (χ2n) is 9.61. The van der Waals surface area contributed by atoms with Gasteiger partial charge in [0.1, 0.15) is 6.04 Å². The normalized spacial score (nSPS) is 42.1. The zero-order valence-corrected chi connectivity index (χ0v) is 16.2. The number of alkyl carbamates (subject to hydrolysis) is 1. The van der Waals surface area contributed by atoms with Crippen LogP contribution in [0.25, 0.3) is 0 Å². The number of hydrogen-bond donors (Lipinski definition) is 1. The van der Waals surface area contributed by atoms with Gasteiger partial charge in [-0.2, -0.15) is 5.26 Å². The van der Waals surface area contributed by atoms with E-state index < -0.39 is 17.2 Å². The van der Waals surface area contributed by atoms with Crippen LogP contribution in [0.3, 0.4) is 0 Å². The van der Waals surface area contributed by atoms with E-state index in [0.29, 0.717) is 12.5 Å². The largest absolute Gasteiger partial charge is 0.432 e. The molecule has 2 bridgehead atoms. The maximum atomic E-state index is 12.9. The van der Waals surface area contributed by atoms with Crippen molar-refractivity contribution in [3.63, 3.8) is 0 Å². The summed E-state index contributed by atoms with van der Waals surface area (Å²) >= 11 is 0. The van der Waals surface area contributed by atoms with Crippen LogP contribution in [0.2, 0.25) is 0 Å². The summed E-state index contributed by atoms with van der Waals surface area (Å²) in [6.45, 7) is 5.38. The second kappa shape index (κ2) is 4.96. The molecule has 2 unspecified atom stereocenters. The summed E-state index contributed by atoms with van der Waals surface area (Å²) in [5.74, 6) is 0.151. The zero-order valence-electron chi connectivity index (χ0n) is 16.2. The number of piperidine rings is 1. The number of benzene rings is 1. The van der Waals surface area contributed by atoms with E-state index >= 15 is 0 Å². The Labute approximate surface area is 164 Å². The smallest absolute Gasteiger partial charge is 0.408 e. The van der Waals surface area contributed by atoms with Gasteiger partial charge >= 0.3 is 6.09 Å². The van der Waals surface area contributed by atoms with E-state index in [1.54, 1.807) is 0 Å². The Morgan fingerprint density at radius 3 is 3.00 bits per heavy atom. The fraction of sp³-hybridized carbons (Fsp3) is 0.591. The van der Waals surface area contributed by atoms with Gasteiger partial charge < -0.3 is 10.1 Å². The molecule has 3 saturated heterocycles. The van der Waals surface area contributed by atoms with Gasteiger partial charge in [-0.15, -0.1) is 0 Å². The number of nitrogens with one attached hydrogen (secondary N) is 1. The van der Waals surface area contributed by atoms with Crippen molar-refractivity contribution < 1.29 is 9.53 Å². The van der Waals surface area contributed by atoms with Gasteiger partial charge in [0.15, 0.2) is 5.60 Å². The van der Waals surface area contributed by atoms with E-state index in [1.807, 2.05) is 24.3 Å². The van der Waals surface area contributed by atoms with Crippen LogP contribution in [-0.2, 0) is 10.3 Å². The third-order valence-electron chi connectivity index (χ3n) is 8.07. The molecule has 5 atom stereocenters. The number of aliphatic imine (C=N–C) groups is 1. The molecule has 1 saturated carbocycles. The molecule has 6 rings (SSSR count). The summed E-state index contributed by atoms with van der Waals surface area (Å²) in [6.07, 6.45) is 3.39. The number of nitriles is 1. The molecule has 4 aliphatic heterocycles. The molecule has 4 fully saturated rings. The Bertz CT molecular complexity index is 979. The van der Waals surface area contributed by atoms with Gasteiger partial charge in [0.25, 0.3) is 0 Å². The van der Waals surface area contributed by atoms with Crippen molar-refractivity contribution in [1.29, 1.82) is 5.26 Å². The summed E-state index contributed by atoms with van der Waals surface area (Å²) in [7, 11) is 0. The molecule has 2 spiro atoms. The summed E-state index contributed by atoms with van der Waals surface area (Å²) in [5.41, 5.74) is 1.05. The molecule has 5 aliphatic rings. The molecule has 1 N–H and O–H groups in total. The lowest BCUT2D eigenvalue weighted by Crippen LogP contribution is -2.80. The maximum Gasteiger partial charge on any atom is 0.408 e. The van der Waals surface area contributed by atoms with Crippen LogP contribution in [0.1, 0.15) is 45.1 Å². The van der Waals surface area contributed by atoms with Gasteiger partial charge in [-0.1, -0.05) is 32.0 Å². The summed E-state index contributed by atoms with van der Waals surface area (Å²) in [5, 5.41) is 13.4. The van der Waals surface area contributed by atoms with E-state index in [2.05, 4.69) is 30.1 Å². The van der Waals surface area contributed by atoms with Gasteiger partial charge in [0, 0.05) is 23.4 Å². The predicted octanol–water partition coefficient (Wildman–Crippen LogP) is 3.25. The summed E-state index contributed by atoms with van der Waals surface area (Å²) in [6, 6.07) is 10.7. The second-order valence-corrected chi connectivity index (χ2v) is 9.61. The highest BCUT2D eigenvalue weighted by Crippen LogP contribution is 2.64. The Morgan fingerprint density at radius 1 is 1.36 bits per heavy atom. The first-order valence-electron chi connectivity index (χ1n) is 10.3. The molecule has 1 aromatic rings. The third-order valence-corrected chi connectivity index (χ3v) is 8.07. The SMILES string of the molecule is CC1(C)C2=Nc3ccccc3C23CC2(NC(=O)O3)[C@H](C#N)N3CCC[C@H]3C[C@@H]12. The van der Waals surface area contributed by atoms with Crippen molar-refractivity contribution in [1.82, 2.24) is 10.2 Å². The Morgan fingerprint density at radius 2 is 2.18 bits per heavy atom. The van der Waals surface area contributed by atoms with Gasteiger partial charge in [-0.05, 0) is 37.8 Å². The van der Waals surface area contributed by atoms with Gasteiger partial charge in [0.2, 0.25) is 0 Å². The van der Waals surface area contributed by atoms with Crippen LogP contribution in [0, 0.1) is 22.7 Å². The minimum Gasteiger partial charge on any atom is -0.432 e. The fourth-order valence-corrected chi connectivity index (χ4v) is 7.15. The molecule has 6 nitrogen and oxygen atoms in total. The van der Waals surface area contributed by atoms with Gasteiger partial charge in [-0.25, -0.2) is 4.79 Å². The number of carbonyl (C=O) groups excluding carboxylic acids is 1. The van der Waals surface area contributed by atoms with Crippen molar-refractivity contribution in [3.05, 3.63) is 29.8 Å². The Kier molecular flexibility index (Phi) is 2.93. The molecule has 28 heavy (non-hydrogen) atoms. The van der Waals surface area contributed by atoms with Crippen LogP contribution in [0.15, 0.2) is 29.3 Å². The number of hydrogen-bond acceptors (Lipinski definition) is 5. The van der Waals surface area contributed by atoms with E-state index in [0.717, 1.165) is 42.8 Å². The average Bonchev–Trinajstić information content (AvgIpc) is 3.23. The minimum absolute atomic E-state index is 0.151. The number of nitrogens with zero attached hydrogens (tertiary/aromatic N) is 3. The lowest BCUT2D eigenvalue weighted by molar-refractivity contribution is -0.115. The molecule has 1 aliphatic carbocycles. The van der Waals surface area contributed by atoms with Crippen molar-refractivity contribution in [3.8, 4) is 6.07 Å². The quantitative estimate of drug-likeness (QED) is 0.754. The maximum absolute atomic E-state index is 12.9. The highest BCUT2D eigenvalue weighted by atomic mass is 16.6. The predicted molar refractivity (Wildman–Crippen MR) is 103 cm³/mol. The Balaban J connectivity index is 1.62. The van der Waals surface area contributed by atoms with Crippen LogP contribution in [-0.4, -0.2) is 40.9 Å². The lowest BCUT2D eigenvalue weighted by Gasteiger charge is -2.65. The van der Waals surface area contributed by atoms with Gasteiger partial charge in [0.05, 0.1) is 23.0 Å². The van der Waals surface area contributed by atoms with Crippen molar-refractivity contribution >= 4 is 17.5 Å². The number of fused-ring (bicyclic) bond motifs is 2. The first kappa shape index (κ1) is 16.6. The average molecular weight is 376 g/mol. The third kappa shape index (κ3) is 1.69. The zero-order chi connectivity index (χ0) is 19.3. The van der Waals surface area contributed by atoms with E-state index in [9.17, 15) is 10.1 Å². The monoisotopic (exact) mass is 376 g/mol. The topological polar surface area (TPSA) is 77.7 Å². The standard InChI is InChI=1S/C22H24N4O2/c1-20(2)16-10-13-6-5-9-26(13)17(11-23)21(16)12-22(28-19(27)25-21)14-7-3-4-8-15(14)24-18(20)22/h3-4,7-8,13,16-17H,5-6,9-10,12H2,1-2H3,(H,25,27)/t13-,16-,17-,21?,22?/m0/s1. The molecular formula is C22H24N4O2. The summed E-state index contributed by atoms with van der Waals surface area (Å²) in [4.78, 5) is 20.3. The van der Waals surface area contributed by atoms with Crippen LogP contribution >= 0.6 is 0 Å². The molecular weight excluding hydrogens is 352 g/mol. The molecule has 1 amide bonds. The van der Waals surface area contributed by atoms with E-state index in [1.165, 1.54) is 0 Å². The van der Waals surface area contributed by atoms with Crippen LogP contribution in [0.5, 0.6) is 0 Å². The van der Waals surface area contributed by atoms with Crippen molar-refractivity contribution in [2.24, 2.45) is 16.3 Å². The molecule has 0 radical (unpaired) electrons. The van der Waals surface area contributed by atoms with Crippen LogP contribution < -0.4 is 5.32 Å². The number of carbonyl (C=O) groups is 1. The highest BCUT2D eigenvalue weighted by Gasteiger charge is 2.73. The summed E-state index contributed by atoms with van der Waals surface area (Å²) < 4.78 is 6.07. The molecule has 1 aromatic carbocycles. The first-order valence-corrected chi connectivity index (χ1v) is 10.3. The Hall–Kier alpha value is -2.39. The molecule has 0 aromatic heterocycles. The molecule has 144 valence electrons. The van der Waals surface area contributed by atoms with Crippen LogP contribution in [0.4, 0.5) is 10.5 Å². The number of amides is 1.